The lowest BCUT2D eigenvalue weighted by molar-refractivity contribution is -0.127. The smallest absolute Gasteiger partial charge is 0.387 e. The van der Waals surface area contributed by atoms with Crippen LogP contribution in [0.2, 0.25) is 0 Å². The molecule has 0 aliphatic rings. The Morgan fingerprint density at radius 2 is 1.20 bits per heavy atom. The Kier molecular flexibility index (Phi) is 4.67. The monoisotopic (exact) mass is 298 g/mol. The molecule has 8 heteroatoms. The number of nitrogens with two attached hydrogens (primary N) is 1. The van der Waals surface area contributed by atoms with Crippen molar-refractivity contribution in [3.05, 3.63) is 34.9 Å². The highest BCUT2D eigenvalue weighted by Gasteiger charge is 2.30. The number of halogens is 6. The molecule has 1 rings (SSSR count). The molecule has 0 aromatic heterocycles. The summed E-state index contributed by atoms with van der Waals surface area (Å²) in [5.41, 5.74) is 4.75. The van der Waals surface area contributed by atoms with E-state index < -0.39 is 25.2 Å². The second-order valence-electron chi connectivity index (χ2n) is 4.44. The number of amidine groups is 1. The average Bonchev–Trinajstić information content (AvgIpc) is 2.08. The summed E-state index contributed by atoms with van der Waals surface area (Å²) in [7, 11) is 0. The van der Waals surface area contributed by atoms with Crippen LogP contribution in [0.4, 0.5) is 26.3 Å². The number of rotatable bonds is 4. The molecule has 1 aromatic rings. The fourth-order valence-electron chi connectivity index (χ4n) is 1.83. The number of hydrogen-bond donors (Lipinski definition) is 2. The highest BCUT2D eigenvalue weighted by molar-refractivity contribution is 5.79. The maximum Gasteiger partial charge on any atom is 0.393 e. The Morgan fingerprint density at radius 1 is 0.850 bits per heavy atom. The molecule has 20 heavy (non-hydrogen) atoms. The molecule has 1 aromatic carbocycles. The first-order valence-corrected chi connectivity index (χ1v) is 5.53. The Labute approximate surface area is 111 Å². The van der Waals surface area contributed by atoms with Crippen molar-refractivity contribution in [2.75, 3.05) is 0 Å². The van der Waals surface area contributed by atoms with E-state index in [0.717, 1.165) is 18.2 Å². The van der Waals surface area contributed by atoms with Gasteiger partial charge in [0.25, 0.3) is 0 Å². The van der Waals surface area contributed by atoms with Crippen LogP contribution in [0.5, 0.6) is 0 Å². The summed E-state index contributed by atoms with van der Waals surface area (Å²) in [6.45, 7) is 0. The minimum atomic E-state index is -4.51. The second-order valence-corrected chi connectivity index (χ2v) is 4.44. The standard InChI is InChI=1S/C12H12F6N2/c13-11(14,15)5-8-1-7(4-10(19)20)2-9(3-8)6-12(16,17)18/h1-3H,4-6H2,(H3,19,20). The summed E-state index contributed by atoms with van der Waals surface area (Å²) in [6, 6.07) is 3.12. The van der Waals surface area contributed by atoms with Crippen molar-refractivity contribution in [1.29, 1.82) is 5.41 Å². The molecule has 112 valence electrons. The Balaban J connectivity index is 3.10. The largest absolute Gasteiger partial charge is 0.393 e. The molecule has 3 N–H and O–H groups in total. The van der Waals surface area contributed by atoms with Gasteiger partial charge in [0.1, 0.15) is 0 Å². The highest BCUT2D eigenvalue weighted by Crippen LogP contribution is 2.26. The van der Waals surface area contributed by atoms with E-state index in [4.69, 9.17) is 11.1 Å². The van der Waals surface area contributed by atoms with Crippen molar-refractivity contribution in [2.24, 2.45) is 5.73 Å². The van der Waals surface area contributed by atoms with Crippen LogP contribution in [0.15, 0.2) is 18.2 Å². The maximum atomic E-state index is 12.3. The van der Waals surface area contributed by atoms with E-state index in [0.29, 0.717) is 0 Å². The van der Waals surface area contributed by atoms with Gasteiger partial charge in [-0.2, -0.15) is 26.3 Å². The molecule has 0 atom stereocenters. The van der Waals surface area contributed by atoms with Crippen LogP contribution in [0.1, 0.15) is 16.7 Å². The predicted molar refractivity (Wildman–Crippen MR) is 61.6 cm³/mol. The lowest BCUT2D eigenvalue weighted by Crippen LogP contribution is -2.17. The van der Waals surface area contributed by atoms with Gasteiger partial charge in [0.05, 0.1) is 18.7 Å². The van der Waals surface area contributed by atoms with Crippen LogP contribution in [0, 0.1) is 5.41 Å². The SMILES string of the molecule is N=C(N)Cc1cc(CC(F)(F)F)cc(CC(F)(F)F)c1. The summed E-state index contributed by atoms with van der Waals surface area (Å²) < 4.78 is 73.9. The van der Waals surface area contributed by atoms with Crippen LogP contribution in [0.25, 0.3) is 0 Å². The van der Waals surface area contributed by atoms with Crippen LogP contribution in [-0.2, 0) is 19.3 Å². The molecular formula is C12H12F6N2. The van der Waals surface area contributed by atoms with E-state index in [9.17, 15) is 26.3 Å². The van der Waals surface area contributed by atoms with Gasteiger partial charge >= 0.3 is 12.4 Å². The summed E-state index contributed by atoms with van der Waals surface area (Å²) in [5.74, 6) is -0.327. The minimum Gasteiger partial charge on any atom is -0.387 e. The maximum absolute atomic E-state index is 12.3. The second kappa shape index (κ2) is 5.72. The quantitative estimate of drug-likeness (QED) is 0.500. The highest BCUT2D eigenvalue weighted by atomic mass is 19.4. The first-order chi connectivity index (χ1) is 8.94. The zero-order valence-corrected chi connectivity index (χ0v) is 10.2. The Morgan fingerprint density at radius 3 is 1.50 bits per heavy atom. The number of alkyl halides is 6. The molecule has 0 aliphatic heterocycles. The molecule has 0 heterocycles. The van der Waals surface area contributed by atoms with Gasteiger partial charge in [0.2, 0.25) is 0 Å². The zero-order chi connectivity index (χ0) is 15.6. The fourth-order valence-corrected chi connectivity index (χ4v) is 1.83. The van der Waals surface area contributed by atoms with Crippen molar-refractivity contribution in [3.63, 3.8) is 0 Å². The molecule has 0 aliphatic carbocycles. The third-order valence-electron chi connectivity index (χ3n) is 2.32. The average molecular weight is 298 g/mol. The van der Waals surface area contributed by atoms with Crippen molar-refractivity contribution < 1.29 is 26.3 Å². The minimum absolute atomic E-state index is 0.165. The van der Waals surface area contributed by atoms with E-state index in [-0.39, 0.29) is 28.9 Å². The third kappa shape index (κ3) is 6.44. The van der Waals surface area contributed by atoms with E-state index in [1.165, 1.54) is 0 Å². The van der Waals surface area contributed by atoms with Gasteiger partial charge in [0, 0.05) is 6.42 Å². The van der Waals surface area contributed by atoms with Crippen LogP contribution >= 0.6 is 0 Å². The normalized spacial score (nSPS) is 12.5. The van der Waals surface area contributed by atoms with Crippen LogP contribution < -0.4 is 5.73 Å². The first kappa shape index (κ1) is 16.3. The summed E-state index contributed by atoms with van der Waals surface area (Å²) in [5, 5.41) is 7.07. The molecule has 0 saturated carbocycles. The predicted octanol–water partition coefficient (Wildman–Crippen LogP) is 3.37. The Hall–Kier alpha value is -1.73. The van der Waals surface area contributed by atoms with Crippen molar-refractivity contribution >= 4 is 5.84 Å². The van der Waals surface area contributed by atoms with Gasteiger partial charge in [-0.3, -0.25) is 5.41 Å². The van der Waals surface area contributed by atoms with Gasteiger partial charge < -0.3 is 5.73 Å². The zero-order valence-electron chi connectivity index (χ0n) is 10.2. The molecular weight excluding hydrogens is 286 g/mol. The lowest BCUT2D eigenvalue weighted by atomic mass is 9.99. The van der Waals surface area contributed by atoms with Crippen molar-refractivity contribution in [3.8, 4) is 0 Å². The first-order valence-electron chi connectivity index (χ1n) is 5.53. The molecule has 0 saturated heterocycles. The summed E-state index contributed by atoms with van der Waals surface area (Å²) in [4.78, 5) is 0. The molecule has 0 bridgehead atoms. The topological polar surface area (TPSA) is 49.9 Å². The van der Waals surface area contributed by atoms with Gasteiger partial charge in [-0.1, -0.05) is 18.2 Å². The number of benzene rings is 1. The third-order valence-corrected chi connectivity index (χ3v) is 2.32. The summed E-state index contributed by atoms with van der Waals surface area (Å²) in [6.07, 6.45) is -11.8. The van der Waals surface area contributed by atoms with E-state index in [1.54, 1.807) is 0 Å². The molecule has 0 radical (unpaired) electrons. The molecule has 0 fully saturated rings. The summed E-state index contributed by atoms with van der Waals surface area (Å²) >= 11 is 0. The molecule has 0 spiro atoms. The molecule has 2 nitrogen and oxygen atoms in total. The van der Waals surface area contributed by atoms with Crippen LogP contribution in [0.3, 0.4) is 0 Å². The van der Waals surface area contributed by atoms with E-state index >= 15 is 0 Å². The van der Waals surface area contributed by atoms with E-state index in [2.05, 4.69) is 0 Å². The van der Waals surface area contributed by atoms with Gasteiger partial charge in [-0.15, -0.1) is 0 Å². The van der Waals surface area contributed by atoms with Crippen molar-refractivity contribution in [1.82, 2.24) is 0 Å². The Bertz CT molecular complexity index is 455. The van der Waals surface area contributed by atoms with E-state index in [1.807, 2.05) is 0 Å². The number of hydrogen-bond acceptors (Lipinski definition) is 1. The fraction of sp³-hybridized carbons (Fsp3) is 0.417. The van der Waals surface area contributed by atoms with Crippen LogP contribution in [-0.4, -0.2) is 18.2 Å². The van der Waals surface area contributed by atoms with Gasteiger partial charge in [0.15, 0.2) is 0 Å². The van der Waals surface area contributed by atoms with Gasteiger partial charge in [-0.05, 0) is 16.7 Å². The molecule has 0 amide bonds. The molecule has 0 unspecified atom stereocenters. The number of nitrogens with one attached hydrogen (secondary N) is 1. The van der Waals surface area contributed by atoms with Crippen molar-refractivity contribution in [2.45, 2.75) is 31.6 Å². The van der Waals surface area contributed by atoms with Gasteiger partial charge in [-0.25, -0.2) is 0 Å². The lowest BCUT2D eigenvalue weighted by Gasteiger charge is -2.13.